The Morgan fingerprint density at radius 3 is 2.47 bits per heavy atom. The van der Waals surface area contributed by atoms with Crippen LogP contribution < -0.4 is 0 Å². The molecule has 0 saturated heterocycles. The van der Waals surface area contributed by atoms with Gasteiger partial charge in [-0.15, -0.1) is 11.3 Å². The first-order valence-corrected chi connectivity index (χ1v) is 6.73. The summed E-state index contributed by atoms with van der Waals surface area (Å²) >= 11 is 1.06. The highest BCUT2D eigenvalue weighted by Gasteiger charge is 2.10. The predicted octanol–water partition coefficient (Wildman–Crippen LogP) is 1.64. The van der Waals surface area contributed by atoms with Gasteiger partial charge < -0.3 is 5.11 Å². The molecule has 0 aliphatic rings. The molecule has 0 atom stereocenters. The Hall–Kier alpha value is -1.14. The number of aliphatic carboxylic acids is 1. The van der Waals surface area contributed by atoms with Crippen molar-refractivity contribution in [3.63, 3.8) is 0 Å². The number of thiophene rings is 1. The van der Waals surface area contributed by atoms with Crippen LogP contribution in [0.2, 0.25) is 0 Å². The van der Waals surface area contributed by atoms with E-state index in [2.05, 4.69) is 0 Å². The molecule has 0 radical (unpaired) electrons. The molecule has 0 aliphatic heterocycles. The van der Waals surface area contributed by atoms with E-state index < -0.39 is 15.8 Å². The van der Waals surface area contributed by atoms with Gasteiger partial charge in [0.1, 0.15) is 4.21 Å². The fourth-order valence-electron chi connectivity index (χ4n) is 0.886. The molecule has 0 aromatic carbocycles. The van der Waals surface area contributed by atoms with E-state index in [0.29, 0.717) is 4.88 Å². The molecule has 0 fully saturated rings. The van der Waals surface area contributed by atoms with Crippen molar-refractivity contribution >= 4 is 33.2 Å². The van der Waals surface area contributed by atoms with Crippen LogP contribution in [-0.4, -0.2) is 25.7 Å². The zero-order chi connectivity index (χ0) is 11.6. The molecule has 0 bridgehead atoms. The summed E-state index contributed by atoms with van der Waals surface area (Å²) in [7, 11) is -3.20. The fourth-order valence-corrected chi connectivity index (χ4v) is 2.84. The summed E-state index contributed by atoms with van der Waals surface area (Å²) in [5, 5.41) is 8.63. The van der Waals surface area contributed by atoms with Crippen LogP contribution >= 0.6 is 11.3 Å². The monoisotopic (exact) mass is 246 g/mol. The summed E-state index contributed by atoms with van der Waals surface area (Å²) in [5.41, 5.74) is 0.178. The molecular weight excluding hydrogens is 236 g/mol. The van der Waals surface area contributed by atoms with Crippen molar-refractivity contribution in [1.29, 1.82) is 0 Å². The lowest BCUT2D eigenvalue weighted by atomic mass is 10.2. The van der Waals surface area contributed by atoms with E-state index in [-0.39, 0.29) is 9.78 Å². The van der Waals surface area contributed by atoms with Crippen molar-refractivity contribution in [2.45, 2.75) is 11.1 Å². The Labute approximate surface area is 91.8 Å². The zero-order valence-electron chi connectivity index (χ0n) is 8.22. The van der Waals surface area contributed by atoms with Gasteiger partial charge in [0.25, 0.3) is 0 Å². The molecular formula is C9H10O4S2. The minimum absolute atomic E-state index is 0.178. The van der Waals surface area contributed by atoms with Crippen molar-refractivity contribution < 1.29 is 18.3 Å². The van der Waals surface area contributed by atoms with Gasteiger partial charge >= 0.3 is 5.97 Å². The second-order valence-electron chi connectivity index (χ2n) is 3.06. The minimum atomic E-state index is -3.20. The molecule has 1 heterocycles. The first-order valence-electron chi connectivity index (χ1n) is 4.02. The standard InChI is InChI=1S/C9H10O4S2/c1-6(9(10)11)5-7-3-4-8(14-7)15(2,12)13/h3-5H,1-2H3,(H,10,11). The Balaban J connectivity index is 3.06. The summed E-state index contributed by atoms with van der Waals surface area (Å²) in [6.45, 7) is 1.46. The molecule has 15 heavy (non-hydrogen) atoms. The van der Waals surface area contributed by atoms with E-state index in [0.717, 1.165) is 17.6 Å². The van der Waals surface area contributed by atoms with Gasteiger partial charge in [0.15, 0.2) is 9.84 Å². The lowest BCUT2D eigenvalue weighted by Crippen LogP contribution is -1.94. The summed E-state index contributed by atoms with van der Waals surface area (Å²) in [6, 6.07) is 3.06. The van der Waals surface area contributed by atoms with Crippen LogP contribution in [0, 0.1) is 0 Å². The van der Waals surface area contributed by atoms with Crippen molar-refractivity contribution in [3.05, 3.63) is 22.6 Å². The molecule has 6 heteroatoms. The van der Waals surface area contributed by atoms with Crippen LogP contribution in [0.4, 0.5) is 0 Å². The quantitative estimate of drug-likeness (QED) is 0.823. The molecule has 1 aromatic heterocycles. The van der Waals surface area contributed by atoms with Gasteiger partial charge in [-0.05, 0) is 25.1 Å². The highest BCUT2D eigenvalue weighted by molar-refractivity contribution is 7.92. The number of sulfone groups is 1. The number of carbonyl (C=O) groups is 1. The second-order valence-corrected chi connectivity index (χ2v) is 6.42. The Bertz CT molecular complexity index is 508. The molecule has 4 nitrogen and oxygen atoms in total. The maximum absolute atomic E-state index is 11.1. The van der Waals surface area contributed by atoms with E-state index in [1.807, 2.05) is 0 Å². The van der Waals surface area contributed by atoms with E-state index >= 15 is 0 Å². The third-order valence-corrected chi connectivity index (χ3v) is 4.52. The van der Waals surface area contributed by atoms with E-state index in [1.165, 1.54) is 19.1 Å². The van der Waals surface area contributed by atoms with Gasteiger partial charge in [-0.2, -0.15) is 0 Å². The van der Waals surface area contributed by atoms with Crippen molar-refractivity contribution in [3.8, 4) is 0 Å². The molecule has 0 saturated carbocycles. The fraction of sp³-hybridized carbons (Fsp3) is 0.222. The van der Waals surface area contributed by atoms with Crippen LogP contribution in [0.3, 0.4) is 0 Å². The van der Waals surface area contributed by atoms with Gasteiger partial charge in [-0.1, -0.05) is 0 Å². The third-order valence-electron chi connectivity index (χ3n) is 1.66. The summed E-state index contributed by atoms with van der Waals surface area (Å²) in [5.74, 6) is -1.01. The maximum atomic E-state index is 11.1. The highest BCUT2D eigenvalue weighted by atomic mass is 32.2. The average Bonchev–Trinajstić information content (AvgIpc) is 2.51. The number of carboxylic acid groups (broad SMARTS) is 1. The minimum Gasteiger partial charge on any atom is -0.478 e. The van der Waals surface area contributed by atoms with E-state index in [9.17, 15) is 13.2 Å². The summed E-state index contributed by atoms with van der Waals surface area (Å²) in [4.78, 5) is 11.1. The van der Waals surface area contributed by atoms with Gasteiger partial charge in [0.05, 0.1) is 0 Å². The lowest BCUT2D eigenvalue weighted by Gasteiger charge is -1.91. The molecule has 0 unspecified atom stereocenters. The molecule has 1 rings (SSSR count). The maximum Gasteiger partial charge on any atom is 0.331 e. The summed E-state index contributed by atoms with van der Waals surface area (Å²) in [6.07, 6.45) is 2.57. The van der Waals surface area contributed by atoms with E-state index in [4.69, 9.17) is 5.11 Å². The molecule has 0 amide bonds. The topological polar surface area (TPSA) is 71.4 Å². The molecule has 1 N–H and O–H groups in total. The van der Waals surface area contributed by atoms with Crippen LogP contribution in [0.1, 0.15) is 11.8 Å². The SMILES string of the molecule is CC(=Cc1ccc(S(C)(=O)=O)s1)C(=O)O. The lowest BCUT2D eigenvalue weighted by molar-refractivity contribution is -0.132. The smallest absolute Gasteiger partial charge is 0.331 e. The van der Waals surface area contributed by atoms with Gasteiger partial charge in [-0.25, -0.2) is 13.2 Å². The van der Waals surface area contributed by atoms with Crippen LogP contribution in [-0.2, 0) is 14.6 Å². The Kier molecular flexibility index (Phi) is 3.31. The summed E-state index contributed by atoms with van der Waals surface area (Å²) < 4.78 is 22.5. The second kappa shape index (κ2) is 4.16. The highest BCUT2D eigenvalue weighted by Crippen LogP contribution is 2.23. The average molecular weight is 246 g/mol. The predicted molar refractivity (Wildman–Crippen MR) is 58.7 cm³/mol. The van der Waals surface area contributed by atoms with Crippen LogP contribution in [0.25, 0.3) is 6.08 Å². The van der Waals surface area contributed by atoms with E-state index in [1.54, 1.807) is 6.07 Å². The molecule has 0 aliphatic carbocycles. The number of carboxylic acids is 1. The van der Waals surface area contributed by atoms with Crippen molar-refractivity contribution in [2.75, 3.05) is 6.26 Å². The Morgan fingerprint density at radius 2 is 2.07 bits per heavy atom. The number of hydrogen-bond acceptors (Lipinski definition) is 4. The normalized spacial score (nSPS) is 12.8. The third kappa shape index (κ3) is 3.17. The first kappa shape index (κ1) is 11.9. The van der Waals surface area contributed by atoms with Gasteiger partial charge in [0.2, 0.25) is 0 Å². The molecule has 0 spiro atoms. The largest absolute Gasteiger partial charge is 0.478 e. The van der Waals surface area contributed by atoms with Crippen LogP contribution in [0.5, 0.6) is 0 Å². The van der Waals surface area contributed by atoms with Crippen molar-refractivity contribution in [2.24, 2.45) is 0 Å². The Morgan fingerprint density at radius 1 is 1.47 bits per heavy atom. The number of hydrogen-bond donors (Lipinski definition) is 1. The van der Waals surface area contributed by atoms with Gasteiger partial charge in [-0.3, -0.25) is 0 Å². The number of rotatable bonds is 3. The van der Waals surface area contributed by atoms with Gasteiger partial charge in [0, 0.05) is 16.7 Å². The van der Waals surface area contributed by atoms with Crippen molar-refractivity contribution in [1.82, 2.24) is 0 Å². The van der Waals surface area contributed by atoms with Crippen LogP contribution in [0.15, 0.2) is 21.9 Å². The zero-order valence-corrected chi connectivity index (χ0v) is 9.85. The molecule has 82 valence electrons. The molecule has 1 aromatic rings. The first-order chi connectivity index (χ1) is 6.80.